The Morgan fingerprint density at radius 1 is 1.29 bits per heavy atom. The van der Waals surface area contributed by atoms with Crippen LogP contribution in [0.25, 0.3) is 0 Å². The van der Waals surface area contributed by atoms with E-state index in [1.54, 1.807) is 6.92 Å². The van der Waals surface area contributed by atoms with E-state index in [0.29, 0.717) is 6.20 Å². The molecule has 0 atom stereocenters. The van der Waals surface area contributed by atoms with Crippen molar-refractivity contribution in [3.05, 3.63) is 57.8 Å². The normalized spacial score (nSPS) is 15.4. The second kappa shape index (κ2) is 5.28. The van der Waals surface area contributed by atoms with E-state index in [0.717, 1.165) is 12.6 Å². The molecule has 0 aliphatic rings. The van der Waals surface area contributed by atoms with E-state index in [9.17, 15) is 17.6 Å². The summed E-state index contributed by atoms with van der Waals surface area (Å²) in [5.74, 6) is -1.25. The average molecular weight is 314 g/mol. The van der Waals surface area contributed by atoms with Gasteiger partial charge in [-0.25, -0.2) is 17.6 Å². The largest absolute Gasteiger partial charge is 0.343 e. The molecule has 0 bridgehead atoms. The summed E-state index contributed by atoms with van der Waals surface area (Å²) in [6.07, 6.45) is 0.419. The van der Waals surface area contributed by atoms with E-state index in [2.05, 4.69) is 4.99 Å². The molecule has 6 nitrogen and oxygen atoms in total. The van der Waals surface area contributed by atoms with E-state index in [1.165, 1.54) is 24.3 Å². The molecule has 0 saturated carbocycles. The van der Waals surface area contributed by atoms with Crippen LogP contribution in [0.4, 0.5) is 4.39 Å². The Morgan fingerprint density at radius 3 is 2.43 bits per heavy atom. The first kappa shape index (κ1) is 11.4. The average Bonchev–Trinajstić information content (AvgIpc) is 2.47. The van der Waals surface area contributed by atoms with Gasteiger partial charge in [-0.1, -0.05) is 17.7 Å². The predicted molar refractivity (Wildman–Crippen MR) is 74.9 cm³/mol. The maximum absolute atomic E-state index is 14.1. The highest BCUT2D eigenvalue weighted by Crippen LogP contribution is 2.12. The minimum absolute atomic E-state index is 0.0358. The van der Waals surface area contributed by atoms with Gasteiger partial charge < -0.3 is 0 Å². The monoisotopic (exact) mass is 314 g/mol. The summed E-state index contributed by atoms with van der Waals surface area (Å²) in [5, 5.41) is 0. The standard InChI is InChI=1S/C13H14FN3O3S/c1-9-4-6-10(7-5-9)21(19,20)17-8-11(14)12(15-2)16(3)13(17)18/h4-8H,1-3H3/b15-12+/i3D3. The number of aromatic nitrogens is 2. The predicted octanol–water partition coefficient (Wildman–Crippen LogP) is 0.402. The van der Waals surface area contributed by atoms with Crippen molar-refractivity contribution in [2.24, 2.45) is 12.0 Å². The zero-order valence-corrected chi connectivity index (χ0v) is 12.1. The third-order valence-corrected chi connectivity index (χ3v) is 4.47. The van der Waals surface area contributed by atoms with Crippen LogP contribution in [0.15, 0.2) is 45.1 Å². The molecule has 0 spiro atoms. The van der Waals surface area contributed by atoms with Crippen molar-refractivity contribution in [1.82, 2.24) is 8.54 Å². The van der Waals surface area contributed by atoms with Crippen molar-refractivity contribution < 1.29 is 16.9 Å². The molecular formula is C13H14FN3O3S. The van der Waals surface area contributed by atoms with Crippen molar-refractivity contribution >= 4 is 10.0 Å². The summed E-state index contributed by atoms with van der Waals surface area (Å²) in [4.78, 5) is 15.5. The van der Waals surface area contributed by atoms with Gasteiger partial charge in [0.2, 0.25) is 0 Å². The quantitative estimate of drug-likeness (QED) is 0.805. The van der Waals surface area contributed by atoms with Crippen LogP contribution in [0.2, 0.25) is 0 Å². The van der Waals surface area contributed by atoms with Crippen LogP contribution >= 0.6 is 0 Å². The Balaban J connectivity index is 2.89. The minimum Gasteiger partial charge on any atom is -0.278 e. The van der Waals surface area contributed by atoms with Gasteiger partial charge in [0.15, 0.2) is 11.3 Å². The molecule has 21 heavy (non-hydrogen) atoms. The smallest absolute Gasteiger partial charge is 0.278 e. The van der Waals surface area contributed by atoms with Crippen molar-refractivity contribution in [2.75, 3.05) is 7.05 Å². The lowest BCUT2D eigenvalue weighted by molar-refractivity contribution is 0.537. The van der Waals surface area contributed by atoms with Gasteiger partial charge >= 0.3 is 5.69 Å². The lowest BCUT2D eigenvalue weighted by Crippen LogP contribution is -2.42. The van der Waals surface area contributed by atoms with Crippen LogP contribution in [0.1, 0.15) is 9.68 Å². The fourth-order valence-corrected chi connectivity index (χ4v) is 2.94. The Kier molecular flexibility index (Phi) is 2.88. The molecule has 2 rings (SSSR count). The first-order valence-corrected chi connectivity index (χ1v) is 7.24. The number of hydrogen-bond donors (Lipinski definition) is 0. The molecule has 0 aliphatic heterocycles. The molecule has 0 N–H and O–H groups in total. The van der Waals surface area contributed by atoms with Gasteiger partial charge in [0, 0.05) is 18.1 Å². The second-order valence-corrected chi connectivity index (χ2v) is 6.07. The molecule has 1 aromatic heterocycles. The molecule has 112 valence electrons. The summed E-state index contributed by atoms with van der Waals surface area (Å²) < 4.78 is 61.4. The molecule has 0 amide bonds. The highest BCUT2D eigenvalue weighted by molar-refractivity contribution is 7.90. The topological polar surface area (TPSA) is 73.4 Å². The zero-order chi connectivity index (χ0) is 18.3. The van der Waals surface area contributed by atoms with Gasteiger partial charge in [-0.05, 0) is 19.1 Å². The van der Waals surface area contributed by atoms with Gasteiger partial charge in [-0.15, -0.1) is 0 Å². The molecule has 0 saturated heterocycles. The summed E-state index contributed by atoms with van der Waals surface area (Å²) in [6, 6.07) is 5.49. The zero-order valence-electron chi connectivity index (χ0n) is 14.2. The highest BCUT2D eigenvalue weighted by Gasteiger charge is 2.21. The molecule has 0 aliphatic carbocycles. The van der Waals surface area contributed by atoms with Crippen LogP contribution in [0.3, 0.4) is 0 Å². The van der Waals surface area contributed by atoms with Crippen LogP contribution in [0.5, 0.6) is 0 Å². The summed E-state index contributed by atoms with van der Waals surface area (Å²) in [5.41, 5.74) is -1.40. The Bertz CT molecular complexity index is 1010. The maximum atomic E-state index is 14.1. The molecule has 0 radical (unpaired) electrons. The number of halogens is 1. The number of benzene rings is 1. The molecule has 2 aromatic rings. The number of aryl methyl sites for hydroxylation is 1. The SMILES string of the molecule is [2H]C([2H])([2H])n1c(=O)n(S(=O)(=O)c2ccc(C)cc2)cc(F)/c1=N\C. The molecule has 1 aromatic carbocycles. The van der Waals surface area contributed by atoms with Crippen molar-refractivity contribution in [1.29, 1.82) is 0 Å². The summed E-state index contributed by atoms with van der Waals surface area (Å²) >= 11 is 0. The second-order valence-electron chi connectivity index (χ2n) is 4.26. The molecule has 8 heteroatoms. The van der Waals surface area contributed by atoms with E-state index >= 15 is 0 Å². The highest BCUT2D eigenvalue weighted by atomic mass is 32.2. The summed E-state index contributed by atoms with van der Waals surface area (Å²) in [6.45, 7) is -1.36. The van der Waals surface area contributed by atoms with Crippen molar-refractivity contribution in [2.45, 2.75) is 11.8 Å². The maximum Gasteiger partial charge on any atom is 0.343 e. The number of hydrogen-bond acceptors (Lipinski definition) is 4. The fraction of sp³-hybridized carbons (Fsp3) is 0.231. The van der Waals surface area contributed by atoms with Gasteiger partial charge in [0.1, 0.15) is 0 Å². The lowest BCUT2D eigenvalue weighted by Gasteiger charge is -2.10. The van der Waals surface area contributed by atoms with Crippen LogP contribution in [-0.2, 0) is 17.0 Å². The fourth-order valence-electron chi connectivity index (χ4n) is 1.71. The van der Waals surface area contributed by atoms with E-state index in [4.69, 9.17) is 4.11 Å². The van der Waals surface area contributed by atoms with E-state index in [-0.39, 0.29) is 13.4 Å². The third kappa shape index (κ3) is 2.54. The molecule has 0 unspecified atom stereocenters. The lowest BCUT2D eigenvalue weighted by atomic mass is 10.2. The van der Waals surface area contributed by atoms with E-state index < -0.39 is 34.0 Å². The molecular weight excluding hydrogens is 297 g/mol. The Labute approximate surface area is 125 Å². The number of nitrogens with zero attached hydrogens (tertiary/aromatic N) is 3. The van der Waals surface area contributed by atoms with Crippen LogP contribution in [-0.4, -0.2) is 24.0 Å². The minimum atomic E-state index is -4.47. The summed E-state index contributed by atoms with van der Waals surface area (Å²) in [7, 11) is -3.37. The number of rotatable bonds is 2. The van der Waals surface area contributed by atoms with Crippen LogP contribution in [0, 0.1) is 12.7 Å². The Hall–Kier alpha value is -2.22. The Morgan fingerprint density at radius 2 is 1.90 bits per heavy atom. The first-order valence-electron chi connectivity index (χ1n) is 7.30. The molecule has 1 heterocycles. The van der Waals surface area contributed by atoms with Crippen molar-refractivity contribution in [3.8, 4) is 0 Å². The van der Waals surface area contributed by atoms with Crippen LogP contribution < -0.4 is 11.2 Å². The van der Waals surface area contributed by atoms with Crippen molar-refractivity contribution in [3.63, 3.8) is 0 Å². The third-order valence-electron chi connectivity index (χ3n) is 2.83. The first-order chi connectivity index (χ1) is 11.0. The van der Waals surface area contributed by atoms with Gasteiger partial charge in [0.05, 0.1) is 11.1 Å². The van der Waals surface area contributed by atoms with E-state index in [1.807, 2.05) is 0 Å². The van der Waals surface area contributed by atoms with Gasteiger partial charge in [0.25, 0.3) is 10.0 Å². The van der Waals surface area contributed by atoms with Gasteiger partial charge in [-0.2, -0.15) is 3.97 Å². The molecule has 0 fully saturated rings. The van der Waals surface area contributed by atoms with Gasteiger partial charge in [-0.3, -0.25) is 9.56 Å².